The molecule has 0 heterocycles. The topological polar surface area (TPSA) is 9.23 Å². The van der Waals surface area contributed by atoms with Crippen LogP contribution in [0.25, 0.3) is 0 Å². The standard InChI is InChI=1S/C4H6Cl2OS/c1-2-3(5)7-4(6)8/h3H,2H2,1H3. The Bertz CT molecular complexity index is 86.1. The highest BCUT2D eigenvalue weighted by atomic mass is 35.5. The Morgan fingerprint density at radius 3 is 2.50 bits per heavy atom. The molecule has 0 fully saturated rings. The van der Waals surface area contributed by atoms with Crippen LogP contribution in [0.4, 0.5) is 0 Å². The summed E-state index contributed by atoms with van der Waals surface area (Å²) < 4.78 is 4.64. The van der Waals surface area contributed by atoms with Crippen molar-refractivity contribution in [2.45, 2.75) is 18.9 Å². The monoisotopic (exact) mass is 172 g/mol. The van der Waals surface area contributed by atoms with Crippen LogP contribution in [0.2, 0.25) is 0 Å². The molecule has 1 atom stereocenters. The third kappa shape index (κ3) is 4.62. The Morgan fingerprint density at radius 1 is 1.88 bits per heavy atom. The lowest BCUT2D eigenvalue weighted by Crippen LogP contribution is -2.03. The van der Waals surface area contributed by atoms with Gasteiger partial charge < -0.3 is 4.74 Å². The second kappa shape index (κ2) is 4.36. The number of hydrogen-bond acceptors (Lipinski definition) is 2. The summed E-state index contributed by atoms with van der Waals surface area (Å²) in [6.45, 7) is 1.88. The molecule has 0 rings (SSSR count). The van der Waals surface area contributed by atoms with E-state index in [1.54, 1.807) is 0 Å². The maximum absolute atomic E-state index is 5.47. The molecule has 0 aromatic rings. The maximum atomic E-state index is 5.47. The van der Waals surface area contributed by atoms with Crippen molar-refractivity contribution in [3.8, 4) is 0 Å². The number of hydrogen-bond donors (Lipinski definition) is 0. The minimum Gasteiger partial charge on any atom is -0.455 e. The molecule has 0 aromatic carbocycles. The largest absolute Gasteiger partial charge is 0.455 e. The van der Waals surface area contributed by atoms with Crippen LogP contribution in [-0.4, -0.2) is 10.1 Å². The van der Waals surface area contributed by atoms with E-state index in [2.05, 4.69) is 17.0 Å². The molecule has 1 unspecified atom stereocenters. The first-order valence-electron chi connectivity index (χ1n) is 2.17. The number of alkyl halides is 1. The average molecular weight is 173 g/mol. The molecule has 0 bridgehead atoms. The van der Waals surface area contributed by atoms with Crippen LogP contribution in [0.3, 0.4) is 0 Å². The zero-order valence-corrected chi connectivity index (χ0v) is 6.69. The number of rotatable bonds is 2. The minimum atomic E-state index is -0.375. The van der Waals surface area contributed by atoms with Crippen LogP contribution >= 0.6 is 35.4 Å². The van der Waals surface area contributed by atoms with Gasteiger partial charge in [-0.3, -0.25) is 0 Å². The van der Waals surface area contributed by atoms with E-state index in [-0.39, 0.29) is 10.1 Å². The van der Waals surface area contributed by atoms with Gasteiger partial charge in [-0.25, -0.2) is 0 Å². The van der Waals surface area contributed by atoms with Crippen LogP contribution in [0.5, 0.6) is 0 Å². The fourth-order valence-corrected chi connectivity index (χ4v) is 0.595. The first-order valence-corrected chi connectivity index (χ1v) is 3.39. The summed E-state index contributed by atoms with van der Waals surface area (Å²) in [6.07, 6.45) is 0.703. The second-order valence-corrected chi connectivity index (χ2v) is 2.60. The van der Waals surface area contributed by atoms with Gasteiger partial charge in [0.2, 0.25) is 0 Å². The third-order valence-electron chi connectivity index (χ3n) is 0.542. The SMILES string of the molecule is CCC(Cl)OC(=S)Cl. The lowest BCUT2D eigenvalue weighted by atomic mass is 10.5. The van der Waals surface area contributed by atoms with E-state index < -0.39 is 0 Å². The molecular formula is C4H6Cl2OS. The Morgan fingerprint density at radius 2 is 2.38 bits per heavy atom. The molecule has 0 saturated carbocycles. The van der Waals surface area contributed by atoms with E-state index in [4.69, 9.17) is 23.2 Å². The lowest BCUT2D eigenvalue weighted by Gasteiger charge is -2.04. The molecule has 0 aliphatic carbocycles. The molecule has 0 aliphatic heterocycles. The minimum absolute atomic E-state index is 0.0214. The summed E-state index contributed by atoms with van der Waals surface area (Å²) in [5.74, 6) is 0. The van der Waals surface area contributed by atoms with E-state index in [1.165, 1.54) is 0 Å². The maximum Gasteiger partial charge on any atom is 0.256 e. The van der Waals surface area contributed by atoms with Gasteiger partial charge in [-0.2, -0.15) is 0 Å². The van der Waals surface area contributed by atoms with Gasteiger partial charge >= 0.3 is 0 Å². The lowest BCUT2D eigenvalue weighted by molar-refractivity contribution is 0.278. The highest BCUT2D eigenvalue weighted by Crippen LogP contribution is 2.04. The molecule has 4 heteroatoms. The molecule has 0 saturated heterocycles. The normalized spacial score (nSPS) is 12.9. The highest BCUT2D eigenvalue weighted by molar-refractivity contribution is 7.82. The molecule has 48 valence electrons. The number of ether oxygens (including phenoxy) is 1. The summed E-state index contributed by atoms with van der Waals surface area (Å²) in [4.78, 5) is 0. The van der Waals surface area contributed by atoms with Crippen molar-refractivity contribution in [2.75, 3.05) is 0 Å². The summed E-state index contributed by atoms with van der Waals surface area (Å²) in [7, 11) is 0. The molecule has 8 heavy (non-hydrogen) atoms. The predicted octanol–water partition coefficient (Wildman–Crippen LogP) is 2.50. The fourth-order valence-electron chi connectivity index (χ4n) is 0.184. The van der Waals surface area contributed by atoms with Crippen molar-refractivity contribution in [3.63, 3.8) is 0 Å². The van der Waals surface area contributed by atoms with Gasteiger partial charge in [0.05, 0.1) is 0 Å². The number of halogens is 2. The van der Waals surface area contributed by atoms with Gasteiger partial charge in [0.25, 0.3) is 4.51 Å². The van der Waals surface area contributed by atoms with Crippen LogP contribution in [0.15, 0.2) is 0 Å². The van der Waals surface area contributed by atoms with E-state index in [0.29, 0.717) is 6.42 Å². The number of thiocarbonyl (C=S) groups is 1. The van der Waals surface area contributed by atoms with Gasteiger partial charge in [-0.05, 0) is 30.2 Å². The van der Waals surface area contributed by atoms with Crippen molar-refractivity contribution in [1.29, 1.82) is 0 Å². The summed E-state index contributed by atoms with van der Waals surface area (Å²) >= 11 is 15.0. The van der Waals surface area contributed by atoms with Crippen LogP contribution in [0.1, 0.15) is 13.3 Å². The van der Waals surface area contributed by atoms with Crippen LogP contribution < -0.4 is 0 Å². The van der Waals surface area contributed by atoms with Crippen molar-refractivity contribution >= 4 is 39.9 Å². The summed E-state index contributed by atoms with van der Waals surface area (Å²) in [5.41, 5.74) is -0.375. The van der Waals surface area contributed by atoms with Gasteiger partial charge in [0, 0.05) is 0 Å². The second-order valence-electron chi connectivity index (χ2n) is 1.17. The van der Waals surface area contributed by atoms with E-state index in [1.807, 2.05) is 6.92 Å². The summed E-state index contributed by atoms with van der Waals surface area (Å²) in [6, 6.07) is 0. The fraction of sp³-hybridized carbons (Fsp3) is 0.750. The average Bonchev–Trinajstić information content (AvgIpc) is 1.65. The van der Waals surface area contributed by atoms with E-state index in [9.17, 15) is 0 Å². The zero-order valence-electron chi connectivity index (χ0n) is 4.36. The molecular weight excluding hydrogens is 167 g/mol. The quantitative estimate of drug-likeness (QED) is 0.360. The first-order chi connectivity index (χ1) is 3.66. The zero-order chi connectivity index (χ0) is 6.57. The highest BCUT2D eigenvalue weighted by Gasteiger charge is 2.00. The molecule has 0 aromatic heterocycles. The molecule has 0 amide bonds. The Labute approximate surface area is 63.9 Å². The van der Waals surface area contributed by atoms with Crippen LogP contribution in [0, 0.1) is 0 Å². The van der Waals surface area contributed by atoms with Gasteiger partial charge in [0.15, 0.2) is 5.56 Å². The van der Waals surface area contributed by atoms with Crippen molar-refractivity contribution in [1.82, 2.24) is 0 Å². The van der Waals surface area contributed by atoms with Gasteiger partial charge in [-0.1, -0.05) is 18.5 Å². The Balaban J connectivity index is 3.24. The van der Waals surface area contributed by atoms with Crippen LogP contribution in [-0.2, 0) is 4.74 Å². The Kier molecular flexibility index (Phi) is 4.61. The molecule has 1 nitrogen and oxygen atoms in total. The third-order valence-corrected chi connectivity index (χ3v) is 1.12. The first kappa shape index (κ1) is 8.47. The Hall–Kier alpha value is 0.470. The van der Waals surface area contributed by atoms with Crippen molar-refractivity contribution in [3.05, 3.63) is 0 Å². The van der Waals surface area contributed by atoms with E-state index >= 15 is 0 Å². The van der Waals surface area contributed by atoms with Crippen molar-refractivity contribution in [2.24, 2.45) is 0 Å². The molecule has 0 radical (unpaired) electrons. The van der Waals surface area contributed by atoms with Gasteiger partial charge in [-0.15, -0.1) is 0 Å². The van der Waals surface area contributed by atoms with E-state index in [0.717, 1.165) is 0 Å². The van der Waals surface area contributed by atoms with Gasteiger partial charge in [0.1, 0.15) is 0 Å². The van der Waals surface area contributed by atoms with Crippen molar-refractivity contribution < 1.29 is 4.74 Å². The summed E-state index contributed by atoms with van der Waals surface area (Å²) in [5, 5.41) is 0. The smallest absolute Gasteiger partial charge is 0.256 e. The molecule has 0 N–H and O–H groups in total. The predicted molar refractivity (Wildman–Crippen MR) is 39.5 cm³/mol. The molecule has 0 spiro atoms. The molecule has 0 aliphatic rings.